The fourth-order valence-electron chi connectivity index (χ4n) is 5.44. The number of carbonyl (C=O) groups is 2. The molecular formula is C26H46N4O2. The number of allylic oxidation sites excluding steroid dienone is 1. The summed E-state index contributed by atoms with van der Waals surface area (Å²) in [6.45, 7) is 22.4. The van der Waals surface area contributed by atoms with Crippen LogP contribution in [0.15, 0.2) is 11.6 Å². The molecule has 4 rings (SSSR count). The molecule has 0 aromatic rings. The van der Waals surface area contributed by atoms with Crippen molar-refractivity contribution in [3.63, 3.8) is 0 Å². The number of nitrogens with one attached hydrogen (secondary N) is 1. The van der Waals surface area contributed by atoms with Gasteiger partial charge in [0.15, 0.2) is 0 Å². The van der Waals surface area contributed by atoms with Gasteiger partial charge in [-0.25, -0.2) is 4.79 Å². The molecule has 3 amide bonds. The van der Waals surface area contributed by atoms with E-state index in [0.717, 1.165) is 58.2 Å². The number of hydrogen-bond donors (Lipinski definition) is 1. The first-order valence-corrected chi connectivity index (χ1v) is 12.5. The fourth-order valence-corrected chi connectivity index (χ4v) is 5.44. The van der Waals surface area contributed by atoms with E-state index >= 15 is 0 Å². The van der Waals surface area contributed by atoms with Crippen LogP contribution in [-0.2, 0) is 4.79 Å². The Morgan fingerprint density at radius 1 is 1.09 bits per heavy atom. The predicted octanol–water partition coefficient (Wildman–Crippen LogP) is 3.98. The van der Waals surface area contributed by atoms with Crippen LogP contribution in [0.4, 0.5) is 4.79 Å². The van der Waals surface area contributed by atoms with Gasteiger partial charge >= 0.3 is 6.03 Å². The predicted molar refractivity (Wildman–Crippen MR) is 130 cm³/mol. The van der Waals surface area contributed by atoms with Crippen molar-refractivity contribution in [2.75, 3.05) is 45.8 Å². The Morgan fingerprint density at radius 2 is 1.72 bits per heavy atom. The van der Waals surface area contributed by atoms with Gasteiger partial charge in [0, 0.05) is 56.8 Å². The normalized spacial score (nSPS) is 25.6. The molecule has 182 valence electrons. The summed E-state index contributed by atoms with van der Waals surface area (Å²) in [5, 5.41) is 3.05. The number of fused-ring (bicyclic) bond motifs is 1. The first-order chi connectivity index (χ1) is 14.7. The molecule has 2 unspecified atom stereocenters. The van der Waals surface area contributed by atoms with Crippen LogP contribution in [0.2, 0.25) is 0 Å². The van der Waals surface area contributed by atoms with Crippen LogP contribution < -0.4 is 5.32 Å². The van der Waals surface area contributed by atoms with E-state index in [-0.39, 0.29) is 22.9 Å². The number of hydrogen-bond acceptors (Lipinski definition) is 3. The Morgan fingerprint density at radius 3 is 2.22 bits per heavy atom. The van der Waals surface area contributed by atoms with Gasteiger partial charge in [-0.2, -0.15) is 0 Å². The lowest BCUT2D eigenvalue weighted by Gasteiger charge is -2.57. The molecule has 2 fully saturated rings. The number of piperazine rings is 1. The van der Waals surface area contributed by atoms with Gasteiger partial charge in [0.05, 0.1) is 0 Å². The summed E-state index contributed by atoms with van der Waals surface area (Å²) in [6.07, 6.45) is 4.86. The van der Waals surface area contributed by atoms with Gasteiger partial charge in [-0.05, 0) is 50.9 Å². The zero-order valence-electron chi connectivity index (χ0n) is 21.8. The summed E-state index contributed by atoms with van der Waals surface area (Å²) < 4.78 is 0. The second-order valence-electron chi connectivity index (χ2n) is 12.8. The molecule has 1 heterocycles. The Labute approximate surface area is 195 Å². The van der Waals surface area contributed by atoms with E-state index in [0.29, 0.717) is 11.3 Å². The SMILES string of the molecule is CC(C)(C)NC(=O)N1CCN(CCN(CC2=CCC3CC2C3(C)C)C(=O)C(C)(C)C)CC1. The van der Waals surface area contributed by atoms with Crippen LogP contribution in [-0.4, -0.2) is 78.0 Å². The number of rotatable bonds is 5. The van der Waals surface area contributed by atoms with Crippen LogP contribution in [0, 0.1) is 22.7 Å². The molecule has 1 saturated heterocycles. The lowest BCUT2D eigenvalue weighted by Crippen LogP contribution is -2.56. The summed E-state index contributed by atoms with van der Waals surface area (Å²) in [5.74, 6) is 1.68. The second-order valence-corrected chi connectivity index (χ2v) is 12.8. The van der Waals surface area contributed by atoms with Crippen molar-refractivity contribution in [1.82, 2.24) is 20.0 Å². The monoisotopic (exact) mass is 446 g/mol. The quantitative estimate of drug-likeness (QED) is 0.650. The van der Waals surface area contributed by atoms with Crippen LogP contribution in [0.1, 0.15) is 68.2 Å². The third-order valence-electron chi connectivity index (χ3n) is 7.71. The summed E-state index contributed by atoms with van der Waals surface area (Å²) in [4.78, 5) is 32.1. The van der Waals surface area contributed by atoms with Gasteiger partial charge < -0.3 is 15.1 Å². The summed E-state index contributed by atoms with van der Waals surface area (Å²) in [6, 6.07) is 0.0207. The minimum atomic E-state index is -0.378. The van der Waals surface area contributed by atoms with Gasteiger partial charge in [0.2, 0.25) is 5.91 Å². The fraction of sp³-hybridized carbons (Fsp3) is 0.846. The van der Waals surface area contributed by atoms with Crippen LogP contribution in [0.25, 0.3) is 0 Å². The minimum absolute atomic E-state index is 0.0207. The van der Waals surface area contributed by atoms with Crippen molar-refractivity contribution >= 4 is 11.9 Å². The van der Waals surface area contributed by atoms with Gasteiger partial charge in [0.1, 0.15) is 0 Å². The first-order valence-electron chi connectivity index (χ1n) is 12.5. The lowest BCUT2D eigenvalue weighted by molar-refractivity contribution is -0.139. The minimum Gasteiger partial charge on any atom is -0.337 e. The first kappa shape index (κ1) is 25.1. The van der Waals surface area contributed by atoms with Gasteiger partial charge in [-0.3, -0.25) is 9.69 Å². The van der Waals surface area contributed by atoms with E-state index in [9.17, 15) is 9.59 Å². The van der Waals surface area contributed by atoms with Crippen molar-refractivity contribution in [1.29, 1.82) is 0 Å². The third-order valence-corrected chi connectivity index (χ3v) is 7.71. The number of amides is 3. The van der Waals surface area contributed by atoms with E-state index < -0.39 is 0 Å². The highest BCUT2D eigenvalue weighted by molar-refractivity contribution is 5.81. The molecule has 0 spiro atoms. The molecule has 32 heavy (non-hydrogen) atoms. The smallest absolute Gasteiger partial charge is 0.317 e. The van der Waals surface area contributed by atoms with Crippen molar-refractivity contribution in [3.05, 3.63) is 11.6 Å². The molecule has 2 bridgehead atoms. The molecule has 1 N–H and O–H groups in total. The second kappa shape index (κ2) is 9.00. The maximum atomic E-state index is 13.3. The highest BCUT2D eigenvalue weighted by Crippen LogP contribution is 2.59. The highest BCUT2D eigenvalue weighted by Gasteiger charge is 2.51. The molecule has 3 aliphatic carbocycles. The molecule has 6 heteroatoms. The summed E-state index contributed by atoms with van der Waals surface area (Å²) >= 11 is 0. The molecular weight excluding hydrogens is 400 g/mol. The summed E-state index contributed by atoms with van der Waals surface area (Å²) in [7, 11) is 0. The third kappa shape index (κ3) is 5.67. The van der Waals surface area contributed by atoms with E-state index in [1.807, 2.05) is 46.4 Å². The number of carbonyl (C=O) groups excluding carboxylic acids is 2. The van der Waals surface area contributed by atoms with Gasteiger partial charge in [0.25, 0.3) is 0 Å². The number of urea groups is 1. The maximum Gasteiger partial charge on any atom is 0.317 e. The molecule has 1 aliphatic heterocycles. The van der Waals surface area contributed by atoms with Gasteiger partial charge in [-0.1, -0.05) is 46.3 Å². The molecule has 1 saturated carbocycles. The molecule has 0 radical (unpaired) electrons. The van der Waals surface area contributed by atoms with Crippen molar-refractivity contribution in [2.24, 2.45) is 22.7 Å². The zero-order valence-corrected chi connectivity index (χ0v) is 21.8. The van der Waals surface area contributed by atoms with E-state index in [2.05, 4.69) is 35.0 Å². The average Bonchev–Trinajstić information content (AvgIpc) is 2.69. The number of nitrogens with zero attached hydrogens (tertiary/aromatic N) is 3. The van der Waals surface area contributed by atoms with Crippen molar-refractivity contribution < 1.29 is 9.59 Å². The van der Waals surface area contributed by atoms with E-state index in [1.54, 1.807) is 0 Å². The average molecular weight is 447 g/mol. The van der Waals surface area contributed by atoms with Crippen LogP contribution in [0.3, 0.4) is 0 Å². The van der Waals surface area contributed by atoms with Crippen molar-refractivity contribution in [2.45, 2.75) is 73.8 Å². The highest BCUT2D eigenvalue weighted by atomic mass is 16.2. The molecule has 2 atom stereocenters. The van der Waals surface area contributed by atoms with E-state index in [4.69, 9.17) is 0 Å². The van der Waals surface area contributed by atoms with Crippen molar-refractivity contribution in [3.8, 4) is 0 Å². The topological polar surface area (TPSA) is 55.9 Å². The Bertz CT molecular complexity index is 736. The lowest BCUT2D eigenvalue weighted by atomic mass is 9.49. The standard InChI is InChI=1S/C26H46N4O2/c1-24(2,3)22(31)30(18-19-9-10-20-17-21(19)26(20,7)8)16-13-28-11-14-29(15-12-28)23(32)27-25(4,5)6/h9,20-21H,10-18H2,1-8H3,(H,27,32). The zero-order chi connectivity index (χ0) is 23.9. The Kier molecular flexibility index (Phi) is 7.05. The Balaban J connectivity index is 1.56. The van der Waals surface area contributed by atoms with E-state index in [1.165, 1.54) is 12.0 Å². The van der Waals surface area contributed by atoms with Gasteiger partial charge in [-0.15, -0.1) is 0 Å². The molecule has 4 aliphatic rings. The maximum absolute atomic E-state index is 13.3. The molecule has 6 nitrogen and oxygen atoms in total. The van der Waals surface area contributed by atoms with Crippen LogP contribution >= 0.6 is 0 Å². The largest absolute Gasteiger partial charge is 0.337 e. The molecule has 0 aromatic heterocycles. The molecule has 0 aromatic carbocycles. The summed E-state index contributed by atoms with van der Waals surface area (Å²) in [5.41, 5.74) is 1.25. The van der Waals surface area contributed by atoms with Crippen LogP contribution in [0.5, 0.6) is 0 Å². The Hall–Kier alpha value is -1.56.